The molecule has 1 unspecified atom stereocenters. The van der Waals surface area contributed by atoms with Crippen molar-refractivity contribution in [3.8, 4) is 0 Å². The predicted molar refractivity (Wildman–Crippen MR) is 80.9 cm³/mol. The minimum atomic E-state index is -0.0466. The third-order valence-corrected chi connectivity index (χ3v) is 4.25. The number of anilines is 1. The molecule has 18 heavy (non-hydrogen) atoms. The summed E-state index contributed by atoms with van der Waals surface area (Å²) in [4.78, 5) is 14.3. The molecule has 1 aromatic rings. The average molecular weight is 376 g/mol. The summed E-state index contributed by atoms with van der Waals surface area (Å²) < 4.78 is 1.94. The Morgan fingerprint density at radius 1 is 1.44 bits per heavy atom. The number of piperidine rings is 1. The van der Waals surface area contributed by atoms with Crippen LogP contribution in [0.15, 0.2) is 27.1 Å². The first-order chi connectivity index (χ1) is 8.63. The Balaban J connectivity index is 2.26. The molecule has 5 heteroatoms. The van der Waals surface area contributed by atoms with E-state index in [-0.39, 0.29) is 11.9 Å². The van der Waals surface area contributed by atoms with Crippen molar-refractivity contribution in [2.45, 2.75) is 25.8 Å². The number of benzene rings is 1. The van der Waals surface area contributed by atoms with Gasteiger partial charge in [-0.1, -0.05) is 22.9 Å². The Kier molecular flexibility index (Phi) is 4.81. The average Bonchev–Trinajstić information content (AvgIpc) is 2.35. The molecule has 1 aliphatic heterocycles. The van der Waals surface area contributed by atoms with Crippen LogP contribution in [0, 0.1) is 0 Å². The van der Waals surface area contributed by atoms with Crippen LogP contribution in [0.2, 0.25) is 0 Å². The lowest BCUT2D eigenvalue weighted by atomic mass is 10.0. The summed E-state index contributed by atoms with van der Waals surface area (Å²) in [6, 6.07) is 5.86. The summed E-state index contributed by atoms with van der Waals surface area (Å²) >= 11 is 6.97. The molecule has 0 radical (unpaired) electrons. The highest BCUT2D eigenvalue weighted by molar-refractivity contribution is 9.11. The molecule has 1 amide bonds. The fourth-order valence-electron chi connectivity index (χ4n) is 2.24. The molecule has 1 heterocycles. The maximum Gasteiger partial charge on any atom is 0.244 e. The van der Waals surface area contributed by atoms with Gasteiger partial charge in [-0.2, -0.15) is 0 Å². The van der Waals surface area contributed by atoms with Gasteiger partial charge in [0.25, 0.3) is 0 Å². The third-order valence-electron chi connectivity index (χ3n) is 3.09. The van der Waals surface area contributed by atoms with Crippen molar-refractivity contribution < 1.29 is 4.79 Å². The summed E-state index contributed by atoms with van der Waals surface area (Å²) in [6.07, 6.45) is 1.96. The summed E-state index contributed by atoms with van der Waals surface area (Å²) in [5, 5.41) is 3.25. The van der Waals surface area contributed by atoms with E-state index in [1.807, 2.05) is 30.0 Å². The topological polar surface area (TPSA) is 32.3 Å². The monoisotopic (exact) mass is 374 g/mol. The SMILES string of the molecule is CCNC1CCCN(c2cc(Br)ccc2Br)C1=O. The van der Waals surface area contributed by atoms with E-state index in [1.165, 1.54) is 0 Å². The lowest BCUT2D eigenvalue weighted by Gasteiger charge is -2.33. The van der Waals surface area contributed by atoms with E-state index in [2.05, 4.69) is 37.2 Å². The quantitative estimate of drug-likeness (QED) is 0.878. The number of carbonyl (C=O) groups excluding carboxylic acids is 1. The maximum absolute atomic E-state index is 12.4. The fourth-order valence-corrected chi connectivity index (χ4v) is 3.05. The van der Waals surface area contributed by atoms with Gasteiger partial charge in [-0.05, 0) is 53.5 Å². The van der Waals surface area contributed by atoms with Crippen molar-refractivity contribution in [2.75, 3.05) is 18.0 Å². The van der Waals surface area contributed by atoms with Crippen LogP contribution in [0.3, 0.4) is 0 Å². The number of halogens is 2. The first kappa shape index (κ1) is 14.0. The highest BCUT2D eigenvalue weighted by Gasteiger charge is 2.29. The van der Waals surface area contributed by atoms with Gasteiger partial charge in [0, 0.05) is 15.5 Å². The number of nitrogens with one attached hydrogen (secondary N) is 1. The van der Waals surface area contributed by atoms with Gasteiger partial charge in [0.15, 0.2) is 0 Å². The van der Waals surface area contributed by atoms with Crippen LogP contribution in [-0.4, -0.2) is 25.0 Å². The summed E-state index contributed by atoms with van der Waals surface area (Å²) in [6.45, 7) is 3.64. The van der Waals surface area contributed by atoms with Crippen LogP contribution in [0.25, 0.3) is 0 Å². The minimum absolute atomic E-state index is 0.0466. The van der Waals surface area contributed by atoms with Crippen molar-refractivity contribution in [1.82, 2.24) is 5.32 Å². The molecule has 98 valence electrons. The number of nitrogens with zero attached hydrogens (tertiary/aromatic N) is 1. The highest BCUT2D eigenvalue weighted by Crippen LogP contribution is 2.31. The smallest absolute Gasteiger partial charge is 0.244 e. The van der Waals surface area contributed by atoms with Crippen molar-refractivity contribution >= 4 is 43.5 Å². The number of hydrogen-bond acceptors (Lipinski definition) is 2. The van der Waals surface area contributed by atoms with E-state index in [0.717, 1.165) is 40.6 Å². The first-order valence-corrected chi connectivity index (χ1v) is 7.72. The number of hydrogen-bond donors (Lipinski definition) is 1. The molecule has 0 aromatic heterocycles. The number of likely N-dealkylation sites (N-methyl/N-ethyl adjacent to an activating group) is 1. The second-order valence-corrected chi connectivity index (χ2v) is 6.11. The van der Waals surface area contributed by atoms with Crippen LogP contribution in [0.1, 0.15) is 19.8 Å². The van der Waals surface area contributed by atoms with Crippen molar-refractivity contribution in [1.29, 1.82) is 0 Å². The first-order valence-electron chi connectivity index (χ1n) is 6.13. The van der Waals surface area contributed by atoms with Gasteiger partial charge in [0.1, 0.15) is 0 Å². The van der Waals surface area contributed by atoms with Crippen molar-refractivity contribution in [3.05, 3.63) is 27.1 Å². The van der Waals surface area contributed by atoms with Crippen molar-refractivity contribution in [3.63, 3.8) is 0 Å². The van der Waals surface area contributed by atoms with E-state index in [1.54, 1.807) is 0 Å². The van der Waals surface area contributed by atoms with E-state index < -0.39 is 0 Å². The fraction of sp³-hybridized carbons (Fsp3) is 0.462. The Labute approximate surface area is 124 Å². The zero-order chi connectivity index (χ0) is 13.1. The van der Waals surface area contributed by atoms with Gasteiger partial charge in [0.05, 0.1) is 11.7 Å². The molecule has 0 spiro atoms. The Morgan fingerprint density at radius 2 is 2.22 bits per heavy atom. The molecule has 3 nitrogen and oxygen atoms in total. The minimum Gasteiger partial charge on any atom is -0.310 e. The van der Waals surface area contributed by atoms with Crippen LogP contribution >= 0.6 is 31.9 Å². The molecule has 1 atom stereocenters. The zero-order valence-electron chi connectivity index (χ0n) is 10.2. The number of amides is 1. The second kappa shape index (κ2) is 6.17. The number of carbonyl (C=O) groups is 1. The van der Waals surface area contributed by atoms with E-state index in [0.29, 0.717) is 0 Å². The summed E-state index contributed by atoms with van der Waals surface area (Å²) in [5.41, 5.74) is 0.942. The zero-order valence-corrected chi connectivity index (χ0v) is 13.4. The highest BCUT2D eigenvalue weighted by atomic mass is 79.9. The molecule has 0 saturated carbocycles. The van der Waals surface area contributed by atoms with Gasteiger partial charge >= 0.3 is 0 Å². The van der Waals surface area contributed by atoms with Crippen LogP contribution < -0.4 is 10.2 Å². The van der Waals surface area contributed by atoms with Gasteiger partial charge in [-0.25, -0.2) is 0 Å². The molecular weight excluding hydrogens is 360 g/mol. The Morgan fingerprint density at radius 3 is 2.94 bits per heavy atom. The van der Waals surface area contributed by atoms with Gasteiger partial charge in [-0.15, -0.1) is 0 Å². The molecule has 1 aromatic carbocycles. The molecule has 0 bridgehead atoms. The van der Waals surface area contributed by atoms with E-state index in [4.69, 9.17) is 0 Å². The molecular formula is C13H16Br2N2O. The summed E-state index contributed by atoms with van der Waals surface area (Å²) in [5.74, 6) is 0.168. The number of rotatable bonds is 3. The molecule has 2 rings (SSSR count). The maximum atomic E-state index is 12.4. The van der Waals surface area contributed by atoms with Crippen LogP contribution in [-0.2, 0) is 4.79 Å². The largest absolute Gasteiger partial charge is 0.310 e. The lowest BCUT2D eigenvalue weighted by Crippen LogP contribution is -2.50. The standard InChI is InChI=1S/C13H16Br2N2O/c1-2-16-11-4-3-7-17(13(11)18)12-8-9(14)5-6-10(12)15/h5-6,8,11,16H,2-4,7H2,1H3. The van der Waals surface area contributed by atoms with Gasteiger partial charge in [0.2, 0.25) is 5.91 Å². The van der Waals surface area contributed by atoms with E-state index >= 15 is 0 Å². The molecule has 1 N–H and O–H groups in total. The van der Waals surface area contributed by atoms with Crippen LogP contribution in [0.4, 0.5) is 5.69 Å². The van der Waals surface area contributed by atoms with Crippen molar-refractivity contribution in [2.24, 2.45) is 0 Å². The van der Waals surface area contributed by atoms with Gasteiger partial charge < -0.3 is 10.2 Å². The molecule has 1 aliphatic rings. The van der Waals surface area contributed by atoms with Crippen LogP contribution in [0.5, 0.6) is 0 Å². The second-order valence-electron chi connectivity index (χ2n) is 4.34. The Hall–Kier alpha value is -0.390. The van der Waals surface area contributed by atoms with Gasteiger partial charge in [-0.3, -0.25) is 4.79 Å². The van der Waals surface area contributed by atoms with E-state index in [9.17, 15) is 4.79 Å². The third kappa shape index (κ3) is 2.95. The predicted octanol–water partition coefficient (Wildman–Crippen LogP) is 3.32. The molecule has 1 fully saturated rings. The Bertz CT molecular complexity index is 449. The molecule has 0 aliphatic carbocycles. The molecule has 1 saturated heterocycles. The lowest BCUT2D eigenvalue weighted by molar-refractivity contribution is -0.121. The summed E-state index contributed by atoms with van der Waals surface area (Å²) in [7, 11) is 0. The normalized spacial score (nSPS) is 20.3.